The number of carbonyl (C=O) groups is 2. The molecule has 2 rings (SSSR count). The van der Waals surface area contributed by atoms with Gasteiger partial charge in [0.05, 0.1) is 11.5 Å². The minimum absolute atomic E-state index is 0.0491. The van der Waals surface area contributed by atoms with E-state index < -0.39 is 29.5 Å². The predicted molar refractivity (Wildman–Crippen MR) is 100 cm³/mol. The zero-order valence-corrected chi connectivity index (χ0v) is 15.8. The first kappa shape index (κ1) is 22.7. The molecule has 0 unspecified atom stereocenters. The second kappa shape index (κ2) is 9.72. The van der Waals surface area contributed by atoms with E-state index in [9.17, 15) is 32.9 Å². The van der Waals surface area contributed by atoms with E-state index in [1.807, 2.05) is 0 Å². The summed E-state index contributed by atoms with van der Waals surface area (Å²) < 4.78 is 40.9. The second-order valence-electron chi connectivity index (χ2n) is 6.27. The number of halogens is 3. The Kier molecular flexibility index (Phi) is 7.34. The third-order valence-corrected chi connectivity index (χ3v) is 3.88. The topological polar surface area (TPSA) is 111 Å². The van der Waals surface area contributed by atoms with Crippen LogP contribution in [0.4, 0.5) is 18.9 Å². The van der Waals surface area contributed by atoms with Gasteiger partial charge in [-0.2, -0.15) is 13.2 Å². The van der Waals surface area contributed by atoms with Crippen LogP contribution < -0.4 is 15.4 Å². The molecule has 8 nitrogen and oxygen atoms in total. The lowest BCUT2D eigenvalue weighted by Gasteiger charge is -2.10. The monoisotopic (exact) mass is 425 g/mol. The van der Waals surface area contributed by atoms with Gasteiger partial charge >= 0.3 is 6.18 Å². The molecule has 11 heteroatoms. The van der Waals surface area contributed by atoms with E-state index in [0.717, 1.165) is 0 Å². The number of nitro benzene ring substituents is 1. The Labute approximate surface area is 169 Å². The number of nitro groups is 1. The summed E-state index contributed by atoms with van der Waals surface area (Å²) in [6.07, 6.45) is -4.43. The number of alkyl halides is 3. The van der Waals surface area contributed by atoms with Crippen LogP contribution in [-0.4, -0.2) is 36.1 Å². The summed E-state index contributed by atoms with van der Waals surface area (Å²) in [6.45, 7) is -0.106. The molecule has 2 aromatic rings. The fraction of sp³-hybridized carbons (Fsp3) is 0.263. The van der Waals surface area contributed by atoms with Crippen molar-refractivity contribution in [3.05, 3.63) is 69.3 Å². The largest absolute Gasteiger partial charge is 0.484 e. The molecule has 0 heterocycles. The maximum absolute atomic E-state index is 12.1. The van der Waals surface area contributed by atoms with Crippen molar-refractivity contribution in [2.75, 3.05) is 13.2 Å². The Bertz CT molecular complexity index is 930. The van der Waals surface area contributed by atoms with Gasteiger partial charge < -0.3 is 15.4 Å². The molecular weight excluding hydrogens is 407 g/mol. The first-order valence-electron chi connectivity index (χ1n) is 8.63. The molecule has 2 aromatic carbocycles. The molecule has 0 saturated heterocycles. The second-order valence-corrected chi connectivity index (χ2v) is 6.27. The number of rotatable bonds is 8. The SMILES string of the molecule is Cc1cc(C(=O)NCC(=O)NCc2ccc(OCC(F)(F)F)cc2)ccc1[N+](=O)[O-]. The maximum atomic E-state index is 12.1. The fourth-order valence-corrected chi connectivity index (χ4v) is 2.40. The molecule has 0 aromatic heterocycles. The number of hydrogen-bond acceptors (Lipinski definition) is 5. The van der Waals surface area contributed by atoms with E-state index in [2.05, 4.69) is 15.4 Å². The van der Waals surface area contributed by atoms with Crippen LogP contribution >= 0.6 is 0 Å². The highest BCUT2D eigenvalue weighted by molar-refractivity contribution is 5.96. The summed E-state index contributed by atoms with van der Waals surface area (Å²) in [5.74, 6) is -0.998. The molecule has 0 atom stereocenters. The summed E-state index contributed by atoms with van der Waals surface area (Å²) in [6, 6.07) is 9.58. The highest BCUT2D eigenvalue weighted by Gasteiger charge is 2.28. The van der Waals surface area contributed by atoms with Crippen molar-refractivity contribution in [2.24, 2.45) is 0 Å². The number of nitrogens with zero attached hydrogens (tertiary/aromatic N) is 1. The Morgan fingerprint density at radius 1 is 1.10 bits per heavy atom. The minimum Gasteiger partial charge on any atom is -0.484 e. The lowest BCUT2D eigenvalue weighted by Crippen LogP contribution is -2.36. The third-order valence-electron chi connectivity index (χ3n) is 3.88. The van der Waals surface area contributed by atoms with Gasteiger partial charge in [-0.05, 0) is 36.8 Å². The van der Waals surface area contributed by atoms with Crippen LogP contribution in [-0.2, 0) is 11.3 Å². The Morgan fingerprint density at radius 3 is 2.33 bits per heavy atom. The highest BCUT2D eigenvalue weighted by atomic mass is 19.4. The zero-order chi connectivity index (χ0) is 22.3. The van der Waals surface area contributed by atoms with Gasteiger partial charge in [0, 0.05) is 23.7 Å². The number of hydrogen-bond donors (Lipinski definition) is 2. The number of amides is 2. The quantitative estimate of drug-likeness (QED) is 0.499. The van der Waals surface area contributed by atoms with Crippen LogP contribution in [0.1, 0.15) is 21.5 Å². The van der Waals surface area contributed by atoms with E-state index in [4.69, 9.17) is 0 Å². The molecule has 0 radical (unpaired) electrons. The van der Waals surface area contributed by atoms with Crippen LogP contribution in [0.2, 0.25) is 0 Å². The van der Waals surface area contributed by atoms with E-state index in [-0.39, 0.29) is 30.1 Å². The summed E-state index contributed by atoms with van der Waals surface area (Å²) >= 11 is 0. The summed E-state index contributed by atoms with van der Waals surface area (Å²) in [4.78, 5) is 34.2. The van der Waals surface area contributed by atoms with Crippen molar-refractivity contribution in [3.63, 3.8) is 0 Å². The molecule has 30 heavy (non-hydrogen) atoms. The van der Waals surface area contributed by atoms with Crippen molar-refractivity contribution in [1.82, 2.24) is 10.6 Å². The van der Waals surface area contributed by atoms with Crippen molar-refractivity contribution in [2.45, 2.75) is 19.6 Å². The van der Waals surface area contributed by atoms with Crippen LogP contribution in [0.25, 0.3) is 0 Å². The molecule has 2 N–H and O–H groups in total. The molecule has 2 amide bonds. The molecule has 0 aliphatic heterocycles. The molecule has 160 valence electrons. The summed E-state index contributed by atoms with van der Waals surface area (Å²) in [5, 5.41) is 15.8. The summed E-state index contributed by atoms with van der Waals surface area (Å²) in [5.41, 5.74) is 1.01. The van der Waals surface area contributed by atoms with Gasteiger partial charge in [-0.25, -0.2) is 0 Å². The standard InChI is InChI=1S/C19H18F3N3O5/c1-12-8-14(4-7-16(12)25(28)29)18(27)24-10-17(26)23-9-13-2-5-15(6-3-13)30-11-19(20,21)22/h2-8H,9-11H2,1H3,(H,23,26)(H,24,27). The Balaban J connectivity index is 1.79. The number of ether oxygens (including phenoxy) is 1. The number of carbonyl (C=O) groups excluding carboxylic acids is 2. The lowest BCUT2D eigenvalue weighted by molar-refractivity contribution is -0.385. The van der Waals surface area contributed by atoms with Gasteiger partial charge in [0.15, 0.2) is 6.61 Å². The van der Waals surface area contributed by atoms with Gasteiger partial charge in [-0.1, -0.05) is 12.1 Å². The van der Waals surface area contributed by atoms with E-state index in [1.165, 1.54) is 49.4 Å². The van der Waals surface area contributed by atoms with E-state index in [0.29, 0.717) is 11.1 Å². The van der Waals surface area contributed by atoms with E-state index >= 15 is 0 Å². The molecular formula is C19H18F3N3O5. The van der Waals surface area contributed by atoms with Crippen LogP contribution in [0.5, 0.6) is 5.75 Å². The lowest BCUT2D eigenvalue weighted by atomic mass is 10.1. The molecule has 0 saturated carbocycles. The Hall–Kier alpha value is -3.63. The van der Waals surface area contributed by atoms with Crippen molar-refractivity contribution < 1.29 is 32.4 Å². The number of aryl methyl sites for hydroxylation is 1. The van der Waals surface area contributed by atoms with Gasteiger partial charge in [0.2, 0.25) is 5.91 Å². The molecule has 0 fully saturated rings. The van der Waals surface area contributed by atoms with Crippen molar-refractivity contribution >= 4 is 17.5 Å². The third kappa shape index (κ3) is 7.08. The van der Waals surface area contributed by atoms with E-state index in [1.54, 1.807) is 0 Å². The average Bonchev–Trinajstić information content (AvgIpc) is 2.68. The molecule has 0 spiro atoms. The smallest absolute Gasteiger partial charge is 0.422 e. The first-order chi connectivity index (χ1) is 14.0. The number of benzene rings is 2. The van der Waals surface area contributed by atoms with Gasteiger partial charge in [0.1, 0.15) is 5.75 Å². The first-order valence-corrected chi connectivity index (χ1v) is 8.63. The van der Waals surface area contributed by atoms with Crippen LogP contribution in [0.15, 0.2) is 42.5 Å². The maximum Gasteiger partial charge on any atom is 0.422 e. The van der Waals surface area contributed by atoms with Gasteiger partial charge in [-0.15, -0.1) is 0 Å². The minimum atomic E-state index is -4.43. The molecule has 0 aliphatic rings. The number of nitrogens with one attached hydrogen (secondary N) is 2. The van der Waals surface area contributed by atoms with Crippen molar-refractivity contribution in [3.8, 4) is 5.75 Å². The van der Waals surface area contributed by atoms with Crippen LogP contribution in [0.3, 0.4) is 0 Å². The predicted octanol–water partition coefficient (Wildman–Crippen LogP) is 2.89. The van der Waals surface area contributed by atoms with Gasteiger partial charge in [-0.3, -0.25) is 19.7 Å². The van der Waals surface area contributed by atoms with Crippen LogP contribution in [0, 0.1) is 17.0 Å². The molecule has 0 aliphatic carbocycles. The van der Waals surface area contributed by atoms with Gasteiger partial charge in [0.25, 0.3) is 11.6 Å². The Morgan fingerprint density at radius 2 is 1.77 bits per heavy atom. The zero-order valence-electron chi connectivity index (χ0n) is 15.8. The normalized spacial score (nSPS) is 10.9. The highest BCUT2D eigenvalue weighted by Crippen LogP contribution is 2.19. The summed E-state index contributed by atoms with van der Waals surface area (Å²) in [7, 11) is 0. The molecule has 0 bridgehead atoms. The fourth-order valence-electron chi connectivity index (χ4n) is 2.40. The van der Waals surface area contributed by atoms with Crippen molar-refractivity contribution in [1.29, 1.82) is 0 Å². The average molecular weight is 425 g/mol.